The molecule has 0 fully saturated rings. The van der Waals surface area contributed by atoms with E-state index in [4.69, 9.17) is 9.84 Å². The minimum absolute atomic E-state index is 0.0258. The van der Waals surface area contributed by atoms with Gasteiger partial charge in [-0.1, -0.05) is 19.9 Å². The number of anilines is 1. The van der Waals surface area contributed by atoms with Crippen LogP contribution in [-0.2, 0) is 4.79 Å². The summed E-state index contributed by atoms with van der Waals surface area (Å²) >= 11 is 0. The quantitative estimate of drug-likeness (QED) is 0.867. The van der Waals surface area contributed by atoms with Gasteiger partial charge in [0.2, 0.25) is 5.91 Å². The maximum Gasteiger partial charge on any atom is 0.339 e. The lowest BCUT2D eigenvalue weighted by molar-refractivity contribution is -0.121. The van der Waals surface area contributed by atoms with E-state index in [1.807, 2.05) is 13.8 Å². The fraction of sp³-hybridized carbons (Fsp3) is 0.385. The molecule has 0 aliphatic carbocycles. The summed E-state index contributed by atoms with van der Waals surface area (Å²) in [4.78, 5) is 24.8. The Hall–Kier alpha value is -2.04. The smallest absolute Gasteiger partial charge is 0.339 e. The third-order valence-electron chi connectivity index (χ3n) is 2.84. The van der Waals surface area contributed by atoms with Crippen LogP contribution in [0.25, 0.3) is 0 Å². The van der Waals surface area contributed by atoms with Gasteiger partial charge in [0.1, 0.15) is 12.2 Å². The van der Waals surface area contributed by atoms with Crippen LogP contribution < -0.4 is 9.64 Å². The molecule has 1 aliphatic rings. The number of nitrogens with zero attached hydrogens (tertiary/aromatic N) is 1. The number of rotatable bonds is 2. The van der Waals surface area contributed by atoms with Gasteiger partial charge in [-0.25, -0.2) is 4.79 Å². The number of hydrogen-bond acceptors (Lipinski definition) is 3. The van der Waals surface area contributed by atoms with Crippen LogP contribution in [-0.4, -0.2) is 30.1 Å². The van der Waals surface area contributed by atoms with Crippen LogP contribution in [0, 0.1) is 5.92 Å². The van der Waals surface area contributed by atoms with Crippen LogP contribution in [0.5, 0.6) is 5.75 Å². The minimum atomic E-state index is -1.05. The van der Waals surface area contributed by atoms with Crippen LogP contribution >= 0.6 is 0 Å². The van der Waals surface area contributed by atoms with Crippen molar-refractivity contribution in [2.24, 2.45) is 5.92 Å². The third kappa shape index (κ3) is 2.03. The van der Waals surface area contributed by atoms with Crippen molar-refractivity contribution in [2.45, 2.75) is 13.8 Å². The zero-order chi connectivity index (χ0) is 13.3. The molecule has 18 heavy (non-hydrogen) atoms. The van der Waals surface area contributed by atoms with Crippen LogP contribution in [0.2, 0.25) is 0 Å². The second-order valence-corrected chi connectivity index (χ2v) is 4.45. The normalized spacial score (nSPS) is 14.1. The Morgan fingerprint density at radius 1 is 1.39 bits per heavy atom. The van der Waals surface area contributed by atoms with Gasteiger partial charge < -0.3 is 14.7 Å². The van der Waals surface area contributed by atoms with Gasteiger partial charge in [-0.2, -0.15) is 0 Å². The number of para-hydroxylation sites is 1. The largest absolute Gasteiger partial charge is 0.489 e. The molecule has 1 N–H and O–H groups in total. The van der Waals surface area contributed by atoms with Crippen molar-refractivity contribution in [3.63, 3.8) is 0 Å². The SMILES string of the molecule is CC(C)C(=O)N1CCOc2c(C(=O)O)cccc21. The van der Waals surface area contributed by atoms with Crippen molar-refractivity contribution in [3.8, 4) is 5.75 Å². The average Bonchev–Trinajstić information content (AvgIpc) is 2.36. The van der Waals surface area contributed by atoms with E-state index in [-0.39, 0.29) is 23.1 Å². The summed E-state index contributed by atoms with van der Waals surface area (Å²) in [5.41, 5.74) is 0.633. The Bertz CT molecular complexity index is 496. The van der Waals surface area contributed by atoms with Crippen LogP contribution in [0.15, 0.2) is 18.2 Å². The monoisotopic (exact) mass is 249 g/mol. The minimum Gasteiger partial charge on any atom is -0.489 e. The Balaban J connectivity index is 2.48. The summed E-state index contributed by atoms with van der Waals surface area (Å²) in [5, 5.41) is 9.09. The molecule has 5 nitrogen and oxygen atoms in total. The molecule has 0 radical (unpaired) electrons. The highest BCUT2D eigenvalue weighted by molar-refractivity contribution is 6.00. The Labute approximate surface area is 105 Å². The number of aromatic carboxylic acids is 1. The van der Waals surface area contributed by atoms with Gasteiger partial charge in [0, 0.05) is 5.92 Å². The van der Waals surface area contributed by atoms with Gasteiger partial charge in [-0.15, -0.1) is 0 Å². The summed E-state index contributed by atoms with van der Waals surface area (Å²) < 4.78 is 5.40. The molecule has 0 bridgehead atoms. The lowest BCUT2D eigenvalue weighted by atomic mass is 10.1. The second-order valence-electron chi connectivity index (χ2n) is 4.45. The van der Waals surface area contributed by atoms with E-state index in [2.05, 4.69) is 0 Å². The van der Waals surface area contributed by atoms with Crippen molar-refractivity contribution < 1.29 is 19.4 Å². The number of benzene rings is 1. The molecule has 1 heterocycles. The molecule has 0 saturated carbocycles. The van der Waals surface area contributed by atoms with E-state index in [0.717, 1.165) is 0 Å². The standard InChI is InChI=1S/C13H15NO4/c1-8(2)12(15)14-6-7-18-11-9(13(16)17)4-3-5-10(11)14/h3-5,8H,6-7H2,1-2H3,(H,16,17). The van der Waals surface area contributed by atoms with Gasteiger partial charge in [-0.3, -0.25) is 4.79 Å². The molecule has 0 unspecified atom stereocenters. The highest BCUT2D eigenvalue weighted by Gasteiger charge is 2.28. The highest BCUT2D eigenvalue weighted by atomic mass is 16.5. The number of amides is 1. The highest BCUT2D eigenvalue weighted by Crippen LogP contribution is 2.35. The van der Waals surface area contributed by atoms with Crippen molar-refractivity contribution in [3.05, 3.63) is 23.8 Å². The van der Waals surface area contributed by atoms with Gasteiger partial charge in [-0.05, 0) is 12.1 Å². The van der Waals surface area contributed by atoms with E-state index < -0.39 is 5.97 Å². The molecule has 0 atom stereocenters. The van der Waals surface area contributed by atoms with E-state index in [1.54, 1.807) is 17.0 Å². The second kappa shape index (κ2) is 4.68. The lowest BCUT2D eigenvalue weighted by Crippen LogP contribution is -2.40. The number of carbonyl (C=O) groups excluding carboxylic acids is 1. The first-order valence-corrected chi connectivity index (χ1v) is 5.83. The number of carboxylic acid groups (broad SMARTS) is 1. The van der Waals surface area contributed by atoms with Crippen LogP contribution in [0.1, 0.15) is 24.2 Å². The molecule has 2 rings (SSSR count). The summed E-state index contributed by atoms with van der Waals surface area (Å²) in [6.07, 6.45) is 0. The van der Waals surface area contributed by atoms with E-state index in [1.165, 1.54) is 6.07 Å². The van der Waals surface area contributed by atoms with Crippen molar-refractivity contribution in [2.75, 3.05) is 18.1 Å². The van der Waals surface area contributed by atoms with Gasteiger partial charge in [0.25, 0.3) is 0 Å². The first-order valence-electron chi connectivity index (χ1n) is 5.83. The molecule has 1 aliphatic heterocycles. The Kier molecular flexibility index (Phi) is 3.23. The number of fused-ring (bicyclic) bond motifs is 1. The van der Waals surface area contributed by atoms with E-state index >= 15 is 0 Å². The summed E-state index contributed by atoms with van der Waals surface area (Å²) in [6.45, 7) is 4.40. The van der Waals surface area contributed by atoms with Gasteiger partial charge in [0.15, 0.2) is 5.75 Å². The molecule has 5 heteroatoms. The van der Waals surface area contributed by atoms with E-state index in [9.17, 15) is 9.59 Å². The zero-order valence-corrected chi connectivity index (χ0v) is 10.3. The average molecular weight is 249 g/mol. The molecule has 1 aromatic carbocycles. The topological polar surface area (TPSA) is 66.8 Å². The number of carbonyl (C=O) groups is 2. The molecular formula is C13H15NO4. The summed E-state index contributed by atoms with van der Waals surface area (Å²) in [6, 6.07) is 4.81. The maximum absolute atomic E-state index is 12.1. The van der Waals surface area contributed by atoms with Gasteiger partial charge in [0.05, 0.1) is 12.2 Å². The Morgan fingerprint density at radius 3 is 2.72 bits per heavy atom. The lowest BCUT2D eigenvalue weighted by Gasteiger charge is -2.31. The van der Waals surface area contributed by atoms with E-state index in [0.29, 0.717) is 18.8 Å². The first kappa shape index (κ1) is 12.4. The molecule has 96 valence electrons. The molecule has 0 spiro atoms. The number of ether oxygens (including phenoxy) is 1. The number of hydrogen-bond donors (Lipinski definition) is 1. The molecule has 0 aromatic heterocycles. The zero-order valence-electron chi connectivity index (χ0n) is 10.3. The predicted molar refractivity (Wildman–Crippen MR) is 66.1 cm³/mol. The fourth-order valence-corrected chi connectivity index (χ4v) is 1.96. The van der Waals surface area contributed by atoms with Gasteiger partial charge >= 0.3 is 5.97 Å². The van der Waals surface area contributed by atoms with Crippen LogP contribution in [0.4, 0.5) is 5.69 Å². The number of carboxylic acids is 1. The maximum atomic E-state index is 12.1. The molecule has 1 aromatic rings. The molecule has 0 saturated heterocycles. The van der Waals surface area contributed by atoms with Crippen molar-refractivity contribution >= 4 is 17.6 Å². The van der Waals surface area contributed by atoms with Crippen LogP contribution in [0.3, 0.4) is 0 Å². The molecular weight excluding hydrogens is 234 g/mol. The fourth-order valence-electron chi connectivity index (χ4n) is 1.96. The van der Waals surface area contributed by atoms with Crippen molar-refractivity contribution in [1.29, 1.82) is 0 Å². The Morgan fingerprint density at radius 2 is 2.11 bits per heavy atom. The predicted octanol–water partition coefficient (Wildman–Crippen LogP) is 1.77. The first-order chi connectivity index (χ1) is 8.52. The third-order valence-corrected chi connectivity index (χ3v) is 2.84. The van der Waals surface area contributed by atoms with Crippen molar-refractivity contribution in [1.82, 2.24) is 0 Å². The molecule has 1 amide bonds. The summed E-state index contributed by atoms with van der Waals surface area (Å²) in [7, 11) is 0. The summed E-state index contributed by atoms with van der Waals surface area (Å²) in [5.74, 6) is -0.928.